The second kappa shape index (κ2) is 6.25. The number of nitrogen functional groups attached to an aromatic ring is 1. The summed E-state index contributed by atoms with van der Waals surface area (Å²) in [5, 5.41) is 7.56. The van der Waals surface area contributed by atoms with Crippen molar-refractivity contribution in [3.05, 3.63) is 29.8 Å². The standard InChI is InChI=1S/C13H22N4/c1-16(2)9-6-10-17(3)12-8-5-4-7-11(12)13(14)15/h4-5,7-8H,6,9-10H2,1-3H3,(H3,14,15). The largest absolute Gasteiger partial charge is 0.384 e. The minimum absolute atomic E-state index is 0.125. The summed E-state index contributed by atoms with van der Waals surface area (Å²) < 4.78 is 0. The minimum Gasteiger partial charge on any atom is -0.384 e. The second-order valence-corrected chi connectivity index (χ2v) is 4.51. The van der Waals surface area contributed by atoms with Crippen LogP contribution in [0.4, 0.5) is 5.69 Å². The van der Waals surface area contributed by atoms with Crippen LogP contribution in [0.15, 0.2) is 24.3 Å². The lowest BCUT2D eigenvalue weighted by atomic mass is 10.1. The highest BCUT2D eigenvalue weighted by Crippen LogP contribution is 2.18. The fourth-order valence-electron chi connectivity index (χ4n) is 1.78. The predicted octanol–water partition coefficient (Wildman–Crippen LogP) is 1.36. The number of rotatable bonds is 6. The maximum Gasteiger partial charge on any atom is 0.124 e. The molecule has 1 aromatic rings. The van der Waals surface area contributed by atoms with E-state index in [-0.39, 0.29) is 5.84 Å². The molecule has 1 rings (SSSR count). The van der Waals surface area contributed by atoms with Crippen LogP contribution in [0.1, 0.15) is 12.0 Å². The quantitative estimate of drug-likeness (QED) is 0.577. The molecule has 0 fully saturated rings. The molecule has 0 saturated heterocycles. The summed E-state index contributed by atoms with van der Waals surface area (Å²) in [6.45, 7) is 2.02. The van der Waals surface area contributed by atoms with Gasteiger partial charge >= 0.3 is 0 Å². The Hall–Kier alpha value is -1.55. The number of nitrogens with zero attached hydrogens (tertiary/aromatic N) is 2. The van der Waals surface area contributed by atoms with E-state index in [1.807, 2.05) is 31.3 Å². The van der Waals surface area contributed by atoms with E-state index in [0.29, 0.717) is 0 Å². The zero-order valence-electron chi connectivity index (χ0n) is 10.9. The predicted molar refractivity (Wildman–Crippen MR) is 73.9 cm³/mol. The fraction of sp³-hybridized carbons (Fsp3) is 0.462. The van der Waals surface area contributed by atoms with Crippen molar-refractivity contribution in [3.8, 4) is 0 Å². The monoisotopic (exact) mass is 234 g/mol. The molecule has 17 heavy (non-hydrogen) atoms. The number of hydrogen-bond acceptors (Lipinski definition) is 3. The van der Waals surface area contributed by atoms with E-state index in [0.717, 1.165) is 30.8 Å². The highest BCUT2D eigenvalue weighted by atomic mass is 15.1. The van der Waals surface area contributed by atoms with Crippen LogP contribution < -0.4 is 10.6 Å². The van der Waals surface area contributed by atoms with Crippen molar-refractivity contribution in [2.24, 2.45) is 5.73 Å². The fourth-order valence-corrected chi connectivity index (χ4v) is 1.78. The zero-order valence-corrected chi connectivity index (χ0v) is 10.9. The maximum absolute atomic E-state index is 7.56. The van der Waals surface area contributed by atoms with Crippen LogP contribution in [-0.4, -0.2) is 45.0 Å². The Morgan fingerprint density at radius 2 is 1.82 bits per heavy atom. The van der Waals surface area contributed by atoms with Gasteiger partial charge in [0.1, 0.15) is 5.84 Å². The summed E-state index contributed by atoms with van der Waals surface area (Å²) in [6, 6.07) is 7.78. The minimum atomic E-state index is 0.125. The number of hydrogen-bond donors (Lipinski definition) is 2. The van der Waals surface area contributed by atoms with E-state index >= 15 is 0 Å². The van der Waals surface area contributed by atoms with E-state index in [2.05, 4.69) is 23.9 Å². The molecule has 0 aromatic heterocycles. The Morgan fingerprint density at radius 3 is 2.41 bits per heavy atom. The molecule has 0 spiro atoms. The molecule has 3 N–H and O–H groups in total. The van der Waals surface area contributed by atoms with E-state index in [1.54, 1.807) is 0 Å². The van der Waals surface area contributed by atoms with Crippen molar-refractivity contribution >= 4 is 11.5 Å². The zero-order chi connectivity index (χ0) is 12.8. The molecule has 94 valence electrons. The summed E-state index contributed by atoms with van der Waals surface area (Å²) in [5.74, 6) is 0.125. The van der Waals surface area contributed by atoms with Gasteiger partial charge in [0.15, 0.2) is 0 Å². The number of anilines is 1. The first kappa shape index (κ1) is 13.5. The lowest BCUT2D eigenvalue weighted by Gasteiger charge is -2.22. The Bertz CT molecular complexity index is 373. The molecular weight excluding hydrogens is 212 g/mol. The molecule has 0 aliphatic carbocycles. The highest BCUT2D eigenvalue weighted by Gasteiger charge is 2.08. The van der Waals surface area contributed by atoms with E-state index in [9.17, 15) is 0 Å². The van der Waals surface area contributed by atoms with E-state index in [1.165, 1.54) is 0 Å². The van der Waals surface area contributed by atoms with Crippen LogP contribution in [0.5, 0.6) is 0 Å². The molecular formula is C13H22N4. The second-order valence-electron chi connectivity index (χ2n) is 4.51. The van der Waals surface area contributed by atoms with Crippen molar-refractivity contribution < 1.29 is 0 Å². The molecule has 0 amide bonds. The van der Waals surface area contributed by atoms with Crippen molar-refractivity contribution in [1.82, 2.24) is 4.90 Å². The van der Waals surface area contributed by atoms with Crippen LogP contribution in [0.3, 0.4) is 0 Å². The summed E-state index contributed by atoms with van der Waals surface area (Å²) >= 11 is 0. The Morgan fingerprint density at radius 1 is 1.18 bits per heavy atom. The molecule has 0 radical (unpaired) electrons. The molecule has 0 heterocycles. The van der Waals surface area contributed by atoms with Crippen molar-refractivity contribution in [2.45, 2.75) is 6.42 Å². The van der Waals surface area contributed by atoms with Crippen LogP contribution in [0, 0.1) is 5.41 Å². The average molecular weight is 234 g/mol. The van der Waals surface area contributed by atoms with Crippen molar-refractivity contribution in [2.75, 3.05) is 39.1 Å². The molecule has 0 unspecified atom stereocenters. The van der Waals surface area contributed by atoms with Gasteiger partial charge in [0.25, 0.3) is 0 Å². The Kier molecular flexibility index (Phi) is 4.97. The number of amidine groups is 1. The summed E-state index contributed by atoms with van der Waals surface area (Å²) in [6.07, 6.45) is 1.09. The smallest absolute Gasteiger partial charge is 0.124 e. The molecule has 0 aliphatic rings. The van der Waals surface area contributed by atoms with Gasteiger partial charge in [0, 0.05) is 24.8 Å². The van der Waals surface area contributed by atoms with Gasteiger partial charge in [-0.1, -0.05) is 12.1 Å². The molecule has 0 aliphatic heterocycles. The third kappa shape index (κ3) is 4.07. The van der Waals surface area contributed by atoms with Gasteiger partial charge in [-0.15, -0.1) is 0 Å². The number of nitrogens with two attached hydrogens (primary N) is 1. The summed E-state index contributed by atoms with van der Waals surface area (Å²) in [7, 11) is 6.18. The van der Waals surface area contributed by atoms with Crippen LogP contribution in [0.2, 0.25) is 0 Å². The van der Waals surface area contributed by atoms with Crippen LogP contribution in [0.25, 0.3) is 0 Å². The van der Waals surface area contributed by atoms with E-state index in [4.69, 9.17) is 11.1 Å². The first-order valence-corrected chi connectivity index (χ1v) is 5.81. The number of benzene rings is 1. The molecule has 0 atom stereocenters. The van der Waals surface area contributed by atoms with Gasteiger partial charge in [0.05, 0.1) is 0 Å². The van der Waals surface area contributed by atoms with E-state index < -0.39 is 0 Å². The van der Waals surface area contributed by atoms with Gasteiger partial charge in [-0.3, -0.25) is 5.41 Å². The molecule has 0 bridgehead atoms. The van der Waals surface area contributed by atoms with Crippen molar-refractivity contribution in [3.63, 3.8) is 0 Å². The topological polar surface area (TPSA) is 56.4 Å². The van der Waals surface area contributed by atoms with Crippen LogP contribution >= 0.6 is 0 Å². The maximum atomic E-state index is 7.56. The third-order valence-corrected chi connectivity index (χ3v) is 2.70. The molecule has 4 nitrogen and oxygen atoms in total. The first-order valence-electron chi connectivity index (χ1n) is 5.81. The Balaban J connectivity index is 2.68. The summed E-state index contributed by atoms with van der Waals surface area (Å²) in [5.41, 5.74) is 7.41. The number of para-hydroxylation sites is 1. The van der Waals surface area contributed by atoms with Gasteiger partial charge in [0.2, 0.25) is 0 Å². The first-order chi connectivity index (χ1) is 8.02. The molecule has 4 heteroatoms. The molecule has 1 aromatic carbocycles. The van der Waals surface area contributed by atoms with Crippen molar-refractivity contribution in [1.29, 1.82) is 5.41 Å². The van der Waals surface area contributed by atoms with Gasteiger partial charge in [-0.25, -0.2) is 0 Å². The highest BCUT2D eigenvalue weighted by molar-refractivity contribution is 6.00. The lowest BCUT2D eigenvalue weighted by molar-refractivity contribution is 0.401. The SMILES string of the molecule is CN(C)CCCN(C)c1ccccc1C(=N)N. The third-order valence-electron chi connectivity index (χ3n) is 2.70. The van der Waals surface area contributed by atoms with Gasteiger partial charge in [-0.05, 0) is 39.2 Å². The normalized spacial score (nSPS) is 10.6. The van der Waals surface area contributed by atoms with Crippen LogP contribution in [-0.2, 0) is 0 Å². The lowest BCUT2D eigenvalue weighted by Crippen LogP contribution is -2.25. The summed E-state index contributed by atoms with van der Waals surface area (Å²) in [4.78, 5) is 4.32. The average Bonchev–Trinajstić information content (AvgIpc) is 2.28. The number of nitrogens with one attached hydrogen (secondary N) is 1. The van der Waals surface area contributed by atoms with Gasteiger partial charge < -0.3 is 15.5 Å². The molecule has 0 saturated carbocycles. The Labute approximate surface area is 104 Å². The van der Waals surface area contributed by atoms with Gasteiger partial charge in [-0.2, -0.15) is 0 Å².